The van der Waals surface area contributed by atoms with Gasteiger partial charge in [0, 0.05) is 37.8 Å². The number of aromatic amines is 1. The predicted octanol–water partition coefficient (Wildman–Crippen LogP) is 1.45. The molecule has 0 aromatic carbocycles. The fourth-order valence-electron chi connectivity index (χ4n) is 3.16. The van der Waals surface area contributed by atoms with Crippen molar-refractivity contribution in [2.75, 3.05) is 20.3 Å². The van der Waals surface area contributed by atoms with Gasteiger partial charge in [-0.25, -0.2) is 0 Å². The summed E-state index contributed by atoms with van der Waals surface area (Å²) in [7, 11) is 1.67. The summed E-state index contributed by atoms with van der Waals surface area (Å²) < 4.78 is 10.9. The van der Waals surface area contributed by atoms with Gasteiger partial charge in [0.2, 0.25) is 0 Å². The van der Waals surface area contributed by atoms with Crippen molar-refractivity contribution in [3.63, 3.8) is 0 Å². The number of hydrogen-bond donors (Lipinski definition) is 2. The molecule has 19 heavy (non-hydrogen) atoms. The van der Waals surface area contributed by atoms with Crippen LogP contribution >= 0.6 is 11.6 Å². The lowest BCUT2D eigenvalue weighted by Crippen LogP contribution is -2.62. The Morgan fingerprint density at radius 3 is 3.21 bits per heavy atom. The van der Waals surface area contributed by atoms with E-state index in [-0.39, 0.29) is 24.0 Å². The lowest BCUT2D eigenvalue weighted by Gasteiger charge is -2.47. The summed E-state index contributed by atoms with van der Waals surface area (Å²) >= 11 is 5.81. The zero-order valence-electron chi connectivity index (χ0n) is 10.7. The molecule has 0 unspecified atom stereocenters. The molecule has 2 heterocycles. The number of H-pyrrole nitrogens is 1. The Hall–Kier alpha value is -1.04. The van der Waals surface area contributed by atoms with Crippen LogP contribution in [0.15, 0.2) is 12.3 Å². The van der Waals surface area contributed by atoms with Gasteiger partial charge in [-0.2, -0.15) is 0 Å². The molecule has 2 N–H and O–H groups in total. The van der Waals surface area contributed by atoms with Gasteiger partial charge in [0.15, 0.2) is 0 Å². The molecule has 0 bridgehead atoms. The van der Waals surface area contributed by atoms with Gasteiger partial charge in [-0.05, 0) is 12.5 Å². The van der Waals surface area contributed by atoms with Crippen LogP contribution in [0.25, 0.3) is 0 Å². The lowest BCUT2D eigenvalue weighted by atomic mass is 9.67. The van der Waals surface area contributed by atoms with Crippen molar-refractivity contribution in [2.24, 2.45) is 11.8 Å². The Morgan fingerprint density at radius 1 is 1.68 bits per heavy atom. The van der Waals surface area contributed by atoms with E-state index in [1.165, 1.54) is 0 Å². The molecule has 1 aromatic heterocycles. The Bertz CT molecular complexity index is 476. The van der Waals surface area contributed by atoms with Gasteiger partial charge in [0.25, 0.3) is 5.91 Å². The summed E-state index contributed by atoms with van der Waals surface area (Å²) in [5.41, 5.74) is 0.489. The first-order valence-corrected chi connectivity index (χ1v) is 6.84. The van der Waals surface area contributed by atoms with Gasteiger partial charge in [-0.1, -0.05) is 11.6 Å². The average Bonchev–Trinajstić information content (AvgIpc) is 3.00. The van der Waals surface area contributed by atoms with Gasteiger partial charge in [0.05, 0.1) is 17.7 Å². The number of hydrogen-bond acceptors (Lipinski definition) is 3. The Morgan fingerprint density at radius 2 is 2.53 bits per heavy atom. The van der Waals surface area contributed by atoms with E-state index in [0.29, 0.717) is 23.2 Å². The molecule has 0 spiro atoms. The number of carbonyl (C=O) groups excluding carboxylic acids is 1. The maximum atomic E-state index is 12.1. The van der Waals surface area contributed by atoms with Crippen molar-refractivity contribution in [1.29, 1.82) is 0 Å². The molecular weight excluding hydrogens is 268 g/mol. The van der Waals surface area contributed by atoms with Crippen LogP contribution in [0, 0.1) is 11.8 Å². The van der Waals surface area contributed by atoms with Gasteiger partial charge >= 0.3 is 0 Å². The second kappa shape index (κ2) is 5.15. The number of amides is 1. The monoisotopic (exact) mass is 284 g/mol. The fraction of sp³-hybridized carbons (Fsp3) is 0.615. The van der Waals surface area contributed by atoms with E-state index >= 15 is 0 Å². The highest BCUT2D eigenvalue weighted by Gasteiger charge is 2.54. The standard InChI is InChI=1S/C13H17ClN2O3/c1-18-6-9-11(8-2-3-19-12(8)9)16-13(17)10-4-7(14)5-15-10/h4-5,8-9,11-12,15H,2-3,6H2,1H3,(H,16,17)/t8-,9+,11+,12-/m0/s1. The van der Waals surface area contributed by atoms with E-state index in [2.05, 4.69) is 10.3 Å². The third-order valence-corrected chi connectivity index (χ3v) is 4.30. The third kappa shape index (κ3) is 2.26. The number of rotatable bonds is 4. The minimum absolute atomic E-state index is 0.122. The maximum absolute atomic E-state index is 12.1. The van der Waals surface area contributed by atoms with Crippen LogP contribution in [-0.2, 0) is 9.47 Å². The molecule has 6 heteroatoms. The molecule has 1 saturated carbocycles. The van der Waals surface area contributed by atoms with Crippen molar-refractivity contribution in [1.82, 2.24) is 10.3 Å². The number of halogens is 1. The van der Waals surface area contributed by atoms with Crippen LogP contribution < -0.4 is 5.32 Å². The SMILES string of the molecule is COC[C@@H]1[C@H](NC(=O)c2cc(Cl)c[nH]2)[C@@H]2CCO[C@H]12. The minimum atomic E-state index is -0.122. The molecule has 4 atom stereocenters. The molecule has 2 fully saturated rings. The minimum Gasteiger partial charge on any atom is -0.384 e. The molecule has 1 saturated heterocycles. The van der Waals surface area contributed by atoms with E-state index in [0.717, 1.165) is 13.0 Å². The first kappa shape index (κ1) is 13.0. The highest BCUT2D eigenvalue weighted by atomic mass is 35.5. The zero-order valence-corrected chi connectivity index (χ0v) is 11.4. The molecule has 104 valence electrons. The molecule has 1 aliphatic heterocycles. The largest absolute Gasteiger partial charge is 0.384 e. The lowest BCUT2D eigenvalue weighted by molar-refractivity contribution is -0.0810. The second-order valence-electron chi connectivity index (χ2n) is 5.14. The van der Waals surface area contributed by atoms with Crippen LogP contribution in [0.4, 0.5) is 0 Å². The summed E-state index contributed by atoms with van der Waals surface area (Å²) in [6.45, 7) is 1.38. The maximum Gasteiger partial charge on any atom is 0.267 e. The number of nitrogens with one attached hydrogen (secondary N) is 2. The zero-order chi connectivity index (χ0) is 13.4. The predicted molar refractivity (Wildman–Crippen MR) is 70.3 cm³/mol. The van der Waals surface area contributed by atoms with E-state index in [9.17, 15) is 4.79 Å². The highest BCUT2D eigenvalue weighted by molar-refractivity contribution is 6.30. The van der Waals surface area contributed by atoms with Crippen LogP contribution in [0.1, 0.15) is 16.9 Å². The molecule has 0 radical (unpaired) electrons. The number of ether oxygens (including phenoxy) is 2. The Kier molecular flexibility index (Phi) is 3.52. The van der Waals surface area contributed by atoms with Crippen molar-refractivity contribution in [2.45, 2.75) is 18.6 Å². The summed E-state index contributed by atoms with van der Waals surface area (Å²) in [4.78, 5) is 15.0. The van der Waals surface area contributed by atoms with Crippen molar-refractivity contribution >= 4 is 17.5 Å². The summed E-state index contributed by atoms with van der Waals surface area (Å²) in [6, 6.07) is 1.76. The van der Waals surface area contributed by atoms with E-state index in [4.69, 9.17) is 21.1 Å². The Labute approximate surface area is 116 Å². The number of methoxy groups -OCH3 is 1. The smallest absolute Gasteiger partial charge is 0.267 e. The summed E-state index contributed by atoms with van der Waals surface area (Å²) in [5.74, 6) is 0.532. The van der Waals surface area contributed by atoms with Crippen molar-refractivity contribution in [3.05, 3.63) is 23.0 Å². The topological polar surface area (TPSA) is 63.3 Å². The number of fused-ring (bicyclic) bond motifs is 1. The van der Waals surface area contributed by atoms with Crippen LogP contribution in [-0.4, -0.2) is 43.4 Å². The molecule has 1 amide bonds. The summed E-state index contributed by atoms with van der Waals surface area (Å²) in [6.07, 6.45) is 2.84. The van der Waals surface area contributed by atoms with Gasteiger partial charge in [0.1, 0.15) is 5.69 Å². The molecule has 1 aromatic rings. The Balaban J connectivity index is 1.66. The van der Waals surface area contributed by atoms with E-state index < -0.39 is 0 Å². The number of aromatic nitrogens is 1. The van der Waals surface area contributed by atoms with Crippen LogP contribution in [0.2, 0.25) is 5.02 Å². The van der Waals surface area contributed by atoms with Gasteiger partial charge in [-0.15, -0.1) is 0 Å². The van der Waals surface area contributed by atoms with E-state index in [1.54, 1.807) is 19.4 Å². The van der Waals surface area contributed by atoms with E-state index in [1.807, 2.05) is 0 Å². The first-order chi connectivity index (χ1) is 9.20. The van der Waals surface area contributed by atoms with Crippen molar-refractivity contribution < 1.29 is 14.3 Å². The fourth-order valence-corrected chi connectivity index (χ4v) is 3.33. The molecular formula is C13H17ClN2O3. The van der Waals surface area contributed by atoms with Gasteiger partial charge in [-0.3, -0.25) is 4.79 Å². The van der Waals surface area contributed by atoms with Crippen molar-refractivity contribution in [3.8, 4) is 0 Å². The first-order valence-electron chi connectivity index (χ1n) is 6.46. The van der Waals surface area contributed by atoms with Gasteiger partial charge < -0.3 is 19.8 Å². The normalized spacial score (nSPS) is 32.7. The second-order valence-corrected chi connectivity index (χ2v) is 5.57. The summed E-state index contributed by atoms with van der Waals surface area (Å²) in [5, 5.41) is 3.60. The van der Waals surface area contributed by atoms with Crippen LogP contribution in [0.3, 0.4) is 0 Å². The highest BCUT2D eigenvalue weighted by Crippen LogP contribution is 2.43. The quantitative estimate of drug-likeness (QED) is 0.880. The average molecular weight is 285 g/mol. The third-order valence-electron chi connectivity index (χ3n) is 4.08. The molecule has 3 rings (SSSR count). The molecule has 1 aliphatic carbocycles. The molecule has 5 nitrogen and oxygen atoms in total. The number of carbonyl (C=O) groups is 1. The van der Waals surface area contributed by atoms with Crippen LogP contribution in [0.5, 0.6) is 0 Å². The molecule has 2 aliphatic rings.